The number of carbonyl (C=O) groups excluding carboxylic acids is 1. The molecule has 3 heterocycles. The fourth-order valence-corrected chi connectivity index (χ4v) is 6.76. The van der Waals surface area contributed by atoms with Crippen LogP contribution in [0.1, 0.15) is 51.3 Å². The van der Waals surface area contributed by atoms with Crippen LogP contribution in [0.15, 0.2) is 59.5 Å². The van der Waals surface area contributed by atoms with Crippen molar-refractivity contribution in [1.29, 1.82) is 0 Å². The number of ether oxygens (including phenoxy) is 2. The van der Waals surface area contributed by atoms with Gasteiger partial charge in [0.15, 0.2) is 9.84 Å². The maximum absolute atomic E-state index is 13.1. The summed E-state index contributed by atoms with van der Waals surface area (Å²) in [4.78, 5) is 22.1. The molecule has 0 spiro atoms. The lowest BCUT2D eigenvalue weighted by Gasteiger charge is -2.34. The van der Waals surface area contributed by atoms with Crippen LogP contribution in [0.25, 0.3) is 17.0 Å². The lowest BCUT2D eigenvalue weighted by molar-refractivity contribution is -0.0610. The van der Waals surface area contributed by atoms with E-state index in [1.807, 2.05) is 88.9 Å². The molecule has 0 unspecified atom stereocenters. The van der Waals surface area contributed by atoms with Crippen molar-refractivity contribution >= 4 is 38.7 Å². The van der Waals surface area contributed by atoms with E-state index in [0.717, 1.165) is 27.6 Å². The summed E-state index contributed by atoms with van der Waals surface area (Å²) in [5, 5.41) is 0.977. The summed E-state index contributed by atoms with van der Waals surface area (Å²) < 4.78 is 37.6. The van der Waals surface area contributed by atoms with Gasteiger partial charge in [0.2, 0.25) is 0 Å². The van der Waals surface area contributed by atoms with Gasteiger partial charge in [-0.25, -0.2) is 18.2 Å². The van der Waals surface area contributed by atoms with E-state index in [-0.39, 0.29) is 11.8 Å². The lowest BCUT2D eigenvalue weighted by atomic mass is 10.0. The van der Waals surface area contributed by atoms with Gasteiger partial charge in [-0.2, -0.15) is 0 Å². The summed E-state index contributed by atoms with van der Waals surface area (Å²) in [6, 6.07) is 15.0. The zero-order valence-electron chi connectivity index (χ0n) is 24.0. The Labute approximate surface area is 236 Å². The number of pyridine rings is 1. The minimum atomic E-state index is -3.38. The maximum atomic E-state index is 13.1. The Bertz CT molecular complexity index is 1590. The van der Waals surface area contributed by atoms with Gasteiger partial charge in [-0.15, -0.1) is 0 Å². The number of sulfone groups is 1. The molecule has 212 valence electrons. The number of hydrogen-bond acceptors (Lipinski definition) is 7. The molecule has 40 heavy (non-hydrogen) atoms. The van der Waals surface area contributed by atoms with Crippen molar-refractivity contribution in [3.05, 3.63) is 71.3 Å². The van der Waals surface area contributed by atoms with Crippen LogP contribution in [0, 0.1) is 6.92 Å². The molecule has 0 saturated carbocycles. The summed E-state index contributed by atoms with van der Waals surface area (Å²) in [5.41, 5.74) is 2.17. The van der Waals surface area contributed by atoms with Crippen molar-refractivity contribution in [2.24, 2.45) is 0 Å². The highest BCUT2D eigenvalue weighted by Crippen LogP contribution is 2.33. The molecule has 1 amide bonds. The van der Waals surface area contributed by atoms with Crippen molar-refractivity contribution in [2.45, 2.75) is 70.4 Å². The zero-order valence-corrected chi connectivity index (χ0v) is 24.8. The van der Waals surface area contributed by atoms with E-state index in [0.29, 0.717) is 30.4 Å². The van der Waals surface area contributed by atoms with Gasteiger partial charge in [0.1, 0.15) is 17.1 Å². The fourth-order valence-electron chi connectivity index (χ4n) is 5.26. The Morgan fingerprint density at radius 3 is 2.65 bits per heavy atom. The van der Waals surface area contributed by atoms with Crippen LogP contribution in [0.3, 0.4) is 0 Å². The zero-order chi connectivity index (χ0) is 28.9. The third-order valence-electron chi connectivity index (χ3n) is 7.21. The van der Waals surface area contributed by atoms with E-state index in [4.69, 9.17) is 14.5 Å². The van der Waals surface area contributed by atoms with Crippen molar-refractivity contribution in [3.8, 4) is 0 Å². The fraction of sp³-hybridized carbons (Fsp3) is 0.419. The second-order valence-corrected chi connectivity index (χ2v) is 14.1. The van der Waals surface area contributed by atoms with Crippen LogP contribution in [0.4, 0.5) is 10.6 Å². The summed E-state index contributed by atoms with van der Waals surface area (Å²) in [6.45, 7) is 12.4. The Morgan fingerprint density at radius 1 is 1.15 bits per heavy atom. The number of aromatic nitrogens is 1. The molecule has 0 bridgehead atoms. The van der Waals surface area contributed by atoms with Crippen molar-refractivity contribution < 1.29 is 22.7 Å². The molecule has 8 nitrogen and oxygen atoms in total. The van der Waals surface area contributed by atoms with Gasteiger partial charge >= 0.3 is 6.09 Å². The number of benzene rings is 2. The highest BCUT2D eigenvalue weighted by molar-refractivity contribution is 7.91. The first-order chi connectivity index (χ1) is 18.7. The number of rotatable bonds is 3. The molecule has 9 heteroatoms. The maximum Gasteiger partial charge on any atom is 0.413 e. The SMILES string of the molecule is Cc1ccc2nc(N3CCS(=O)(=O)c4ccccc4C3)cc(C=C[C@@H]3COC(C)(C)N3C(=O)OC(C)(C)C)c2c1. The molecule has 5 rings (SSSR count). The third kappa shape index (κ3) is 5.71. The Balaban J connectivity index is 1.53. The van der Waals surface area contributed by atoms with Crippen LogP contribution < -0.4 is 4.90 Å². The molecule has 2 aliphatic rings. The molecule has 2 aromatic carbocycles. The molecule has 1 aromatic heterocycles. The standard InChI is InChI=1S/C31H37N3O5S/c1-21-11-14-26-25(17-21)22(12-13-24-20-38-31(5,6)34(24)29(35)39-30(2,3)4)18-28(32-26)33-15-16-40(36,37)27-10-8-7-9-23(27)19-33/h7-14,17-18,24H,15-16,19-20H2,1-6H3/t24-/m1/s1. The highest BCUT2D eigenvalue weighted by atomic mass is 32.2. The van der Waals surface area contributed by atoms with Crippen LogP contribution >= 0.6 is 0 Å². The number of nitrogens with zero attached hydrogens (tertiary/aromatic N) is 3. The quantitative estimate of drug-likeness (QED) is 0.403. The number of fused-ring (bicyclic) bond motifs is 2. The molecule has 0 N–H and O–H groups in total. The minimum Gasteiger partial charge on any atom is -0.444 e. The Kier molecular flexibility index (Phi) is 7.17. The minimum absolute atomic E-state index is 0.0160. The first-order valence-electron chi connectivity index (χ1n) is 13.5. The van der Waals surface area contributed by atoms with Gasteiger partial charge in [0.25, 0.3) is 0 Å². The number of anilines is 1. The van der Waals surface area contributed by atoms with Gasteiger partial charge in [0.05, 0.1) is 28.8 Å². The third-order valence-corrected chi connectivity index (χ3v) is 9.00. The number of amides is 1. The van der Waals surface area contributed by atoms with Crippen LogP contribution in [0.2, 0.25) is 0 Å². The van der Waals surface area contributed by atoms with Gasteiger partial charge < -0.3 is 14.4 Å². The number of carbonyl (C=O) groups is 1. The molecular weight excluding hydrogens is 526 g/mol. The summed E-state index contributed by atoms with van der Waals surface area (Å²) in [6.07, 6.45) is 3.55. The van der Waals surface area contributed by atoms with E-state index in [2.05, 4.69) is 6.07 Å². The summed E-state index contributed by atoms with van der Waals surface area (Å²) in [5.74, 6) is 0.720. The van der Waals surface area contributed by atoms with Crippen LogP contribution in [-0.2, 0) is 25.9 Å². The van der Waals surface area contributed by atoms with E-state index in [1.54, 1.807) is 17.0 Å². The second-order valence-electron chi connectivity index (χ2n) is 12.0. The molecule has 1 saturated heterocycles. The first kappa shape index (κ1) is 28.1. The summed E-state index contributed by atoms with van der Waals surface area (Å²) in [7, 11) is -3.38. The van der Waals surface area contributed by atoms with Crippen LogP contribution in [-0.4, -0.2) is 60.7 Å². The predicted molar refractivity (Wildman–Crippen MR) is 157 cm³/mol. The molecule has 0 aliphatic carbocycles. The Morgan fingerprint density at radius 2 is 1.90 bits per heavy atom. The predicted octanol–water partition coefficient (Wildman–Crippen LogP) is 5.72. The molecule has 2 aliphatic heterocycles. The Hall–Kier alpha value is -3.43. The van der Waals surface area contributed by atoms with E-state index in [9.17, 15) is 13.2 Å². The van der Waals surface area contributed by atoms with E-state index in [1.165, 1.54) is 0 Å². The van der Waals surface area contributed by atoms with Gasteiger partial charge in [-0.1, -0.05) is 42.0 Å². The molecule has 0 radical (unpaired) electrons. The second kappa shape index (κ2) is 10.2. The smallest absolute Gasteiger partial charge is 0.413 e. The van der Waals surface area contributed by atoms with Crippen LogP contribution in [0.5, 0.6) is 0 Å². The normalized spacial score (nSPS) is 20.5. The summed E-state index contributed by atoms with van der Waals surface area (Å²) >= 11 is 0. The van der Waals surface area contributed by atoms with Crippen molar-refractivity contribution in [1.82, 2.24) is 9.88 Å². The van der Waals surface area contributed by atoms with E-state index < -0.39 is 27.3 Å². The molecular formula is C31H37N3O5S. The van der Waals surface area contributed by atoms with Crippen molar-refractivity contribution in [2.75, 3.05) is 23.8 Å². The lowest BCUT2D eigenvalue weighted by Crippen LogP contribution is -2.49. The van der Waals surface area contributed by atoms with Gasteiger partial charge in [0, 0.05) is 18.5 Å². The number of aryl methyl sites for hydroxylation is 1. The molecule has 3 aromatic rings. The van der Waals surface area contributed by atoms with Gasteiger partial charge in [-0.3, -0.25) is 4.90 Å². The largest absolute Gasteiger partial charge is 0.444 e. The molecule has 1 fully saturated rings. The number of hydrogen-bond donors (Lipinski definition) is 0. The first-order valence-corrected chi connectivity index (χ1v) is 15.2. The average Bonchev–Trinajstić information content (AvgIpc) is 3.10. The van der Waals surface area contributed by atoms with Gasteiger partial charge in [-0.05, 0) is 76.9 Å². The average molecular weight is 564 g/mol. The highest BCUT2D eigenvalue weighted by Gasteiger charge is 2.44. The van der Waals surface area contributed by atoms with E-state index >= 15 is 0 Å². The monoisotopic (exact) mass is 563 g/mol. The molecule has 1 atom stereocenters. The van der Waals surface area contributed by atoms with Crippen molar-refractivity contribution in [3.63, 3.8) is 0 Å². The topological polar surface area (TPSA) is 89.0 Å².